The van der Waals surface area contributed by atoms with Gasteiger partial charge in [0.15, 0.2) is 0 Å². The molecule has 0 aromatic rings. The molecule has 0 aromatic carbocycles. The van der Waals surface area contributed by atoms with Crippen molar-refractivity contribution in [2.45, 2.75) is 37.7 Å². The number of hydrogen-bond donors (Lipinski definition) is 3. The molecule has 3 nitrogen and oxygen atoms in total. The first-order chi connectivity index (χ1) is 5.00. The van der Waals surface area contributed by atoms with Crippen LogP contribution in [0.25, 0.3) is 0 Å². The Bertz CT molecular complexity index is 151. The van der Waals surface area contributed by atoms with Crippen LogP contribution in [0.15, 0.2) is 0 Å². The maximum absolute atomic E-state index is 13.4. The standard InChI is InChI=1S/C7H14FNO2/c1-4-7(2,8)6(11)5(3-10)9-4/h4-6,9-11H,3H2,1-2H3. The van der Waals surface area contributed by atoms with Gasteiger partial charge in [-0.05, 0) is 13.8 Å². The topological polar surface area (TPSA) is 52.5 Å². The van der Waals surface area contributed by atoms with Crippen LogP contribution >= 0.6 is 0 Å². The highest BCUT2D eigenvalue weighted by Crippen LogP contribution is 2.28. The quantitative estimate of drug-likeness (QED) is 0.485. The van der Waals surface area contributed by atoms with Crippen molar-refractivity contribution in [3.63, 3.8) is 0 Å². The number of nitrogens with one attached hydrogen (secondary N) is 1. The summed E-state index contributed by atoms with van der Waals surface area (Å²) in [6.07, 6.45) is -1.11. The van der Waals surface area contributed by atoms with Crippen molar-refractivity contribution in [2.24, 2.45) is 0 Å². The minimum Gasteiger partial charge on any atom is -0.395 e. The van der Waals surface area contributed by atoms with Gasteiger partial charge in [-0.2, -0.15) is 0 Å². The number of aliphatic hydroxyl groups excluding tert-OH is 2. The lowest BCUT2D eigenvalue weighted by Gasteiger charge is -2.22. The molecule has 4 unspecified atom stereocenters. The van der Waals surface area contributed by atoms with Crippen LogP contribution in [0, 0.1) is 0 Å². The van der Waals surface area contributed by atoms with Gasteiger partial charge >= 0.3 is 0 Å². The van der Waals surface area contributed by atoms with Gasteiger partial charge in [-0.25, -0.2) is 4.39 Å². The molecule has 11 heavy (non-hydrogen) atoms. The zero-order chi connectivity index (χ0) is 8.65. The van der Waals surface area contributed by atoms with Crippen LogP contribution in [0.3, 0.4) is 0 Å². The van der Waals surface area contributed by atoms with E-state index in [0.29, 0.717) is 0 Å². The molecule has 4 atom stereocenters. The Kier molecular flexibility index (Phi) is 2.18. The van der Waals surface area contributed by atoms with E-state index in [1.807, 2.05) is 0 Å². The molecule has 66 valence electrons. The summed E-state index contributed by atoms with van der Waals surface area (Å²) in [7, 11) is 0. The summed E-state index contributed by atoms with van der Waals surface area (Å²) in [5.41, 5.74) is -1.63. The van der Waals surface area contributed by atoms with Gasteiger partial charge in [0, 0.05) is 6.04 Å². The van der Waals surface area contributed by atoms with E-state index in [-0.39, 0.29) is 6.61 Å². The van der Waals surface area contributed by atoms with Crippen molar-refractivity contribution in [3.05, 3.63) is 0 Å². The van der Waals surface area contributed by atoms with Gasteiger partial charge in [0.25, 0.3) is 0 Å². The lowest BCUT2D eigenvalue weighted by atomic mass is 9.96. The molecule has 1 rings (SSSR count). The number of aliphatic hydroxyl groups is 2. The van der Waals surface area contributed by atoms with Gasteiger partial charge in [0.2, 0.25) is 0 Å². The molecule has 4 heteroatoms. The first-order valence-electron chi connectivity index (χ1n) is 3.74. The molecule has 0 spiro atoms. The molecule has 3 N–H and O–H groups in total. The summed E-state index contributed by atoms with van der Waals surface area (Å²) < 4.78 is 13.4. The molecule has 0 saturated carbocycles. The Morgan fingerprint density at radius 3 is 2.36 bits per heavy atom. The summed E-state index contributed by atoms with van der Waals surface area (Å²) >= 11 is 0. The molecule has 0 aromatic heterocycles. The minimum absolute atomic E-state index is 0.231. The smallest absolute Gasteiger partial charge is 0.150 e. The van der Waals surface area contributed by atoms with Crippen molar-refractivity contribution in [1.82, 2.24) is 5.32 Å². The molecule has 1 saturated heterocycles. The molecular weight excluding hydrogens is 149 g/mol. The third kappa shape index (κ3) is 1.26. The summed E-state index contributed by atoms with van der Waals surface area (Å²) in [5, 5.41) is 20.8. The van der Waals surface area contributed by atoms with Crippen LogP contribution in [0.2, 0.25) is 0 Å². The van der Waals surface area contributed by atoms with Crippen LogP contribution in [0.1, 0.15) is 13.8 Å². The molecule has 1 aliphatic heterocycles. The van der Waals surface area contributed by atoms with E-state index in [4.69, 9.17) is 5.11 Å². The monoisotopic (exact) mass is 163 g/mol. The number of hydrogen-bond acceptors (Lipinski definition) is 3. The van der Waals surface area contributed by atoms with Gasteiger partial charge in [0.05, 0.1) is 12.6 Å². The Morgan fingerprint density at radius 1 is 1.64 bits per heavy atom. The molecule has 0 radical (unpaired) electrons. The van der Waals surface area contributed by atoms with Crippen molar-refractivity contribution in [2.75, 3.05) is 6.61 Å². The first kappa shape index (κ1) is 8.90. The van der Waals surface area contributed by atoms with Crippen LogP contribution in [-0.2, 0) is 0 Å². The zero-order valence-corrected chi connectivity index (χ0v) is 6.71. The second kappa shape index (κ2) is 2.69. The average Bonchev–Trinajstić information content (AvgIpc) is 2.14. The van der Waals surface area contributed by atoms with E-state index in [2.05, 4.69) is 5.32 Å². The second-order valence-electron chi connectivity index (χ2n) is 3.27. The Morgan fingerprint density at radius 2 is 2.18 bits per heavy atom. The summed E-state index contributed by atoms with van der Waals surface area (Å²) in [6.45, 7) is 2.76. The van der Waals surface area contributed by atoms with Crippen molar-refractivity contribution >= 4 is 0 Å². The highest BCUT2D eigenvalue weighted by molar-refractivity contribution is 5.05. The van der Waals surface area contributed by atoms with Crippen molar-refractivity contribution in [3.8, 4) is 0 Å². The van der Waals surface area contributed by atoms with E-state index in [9.17, 15) is 9.50 Å². The van der Waals surface area contributed by atoms with Crippen LogP contribution in [0.5, 0.6) is 0 Å². The molecule has 1 aliphatic rings. The van der Waals surface area contributed by atoms with Gasteiger partial charge in [-0.15, -0.1) is 0 Å². The molecule has 0 aliphatic carbocycles. The van der Waals surface area contributed by atoms with Gasteiger partial charge in [-0.1, -0.05) is 0 Å². The second-order valence-corrected chi connectivity index (χ2v) is 3.27. The average molecular weight is 163 g/mol. The van der Waals surface area contributed by atoms with Gasteiger partial charge in [0.1, 0.15) is 11.8 Å². The fourth-order valence-corrected chi connectivity index (χ4v) is 1.38. The SMILES string of the molecule is CC1NC(CO)C(O)C1(C)F. The summed E-state index contributed by atoms with van der Waals surface area (Å²) in [5.74, 6) is 0. The van der Waals surface area contributed by atoms with E-state index < -0.39 is 23.9 Å². The first-order valence-corrected chi connectivity index (χ1v) is 3.74. The predicted octanol–water partition coefficient (Wildman–Crippen LogP) is -0.572. The summed E-state index contributed by atoms with van der Waals surface area (Å²) in [4.78, 5) is 0. The minimum atomic E-state index is -1.63. The zero-order valence-electron chi connectivity index (χ0n) is 6.71. The van der Waals surface area contributed by atoms with E-state index >= 15 is 0 Å². The maximum atomic E-state index is 13.4. The normalized spacial score (nSPS) is 51.5. The Labute approximate surface area is 65.2 Å². The Hall–Kier alpha value is -0.190. The van der Waals surface area contributed by atoms with Crippen LogP contribution in [-0.4, -0.2) is 40.7 Å². The molecule has 0 bridgehead atoms. The highest BCUT2D eigenvalue weighted by atomic mass is 19.1. The van der Waals surface area contributed by atoms with E-state index in [1.165, 1.54) is 6.92 Å². The highest BCUT2D eigenvalue weighted by Gasteiger charge is 2.49. The summed E-state index contributed by atoms with van der Waals surface area (Å²) in [6, 6.07) is -0.936. The lowest BCUT2D eigenvalue weighted by molar-refractivity contribution is 0.00753. The number of halogens is 1. The van der Waals surface area contributed by atoms with Crippen LogP contribution in [0.4, 0.5) is 4.39 Å². The van der Waals surface area contributed by atoms with Crippen molar-refractivity contribution < 1.29 is 14.6 Å². The van der Waals surface area contributed by atoms with E-state index in [1.54, 1.807) is 6.92 Å². The van der Waals surface area contributed by atoms with Crippen molar-refractivity contribution in [1.29, 1.82) is 0 Å². The molecular formula is C7H14FNO2. The van der Waals surface area contributed by atoms with Crippen LogP contribution < -0.4 is 5.32 Å². The number of rotatable bonds is 1. The molecule has 1 heterocycles. The fourth-order valence-electron chi connectivity index (χ4n) is 1.38. The fraction of sp³-hybridized carbons (Fsp3) is 1.00. The molecule has 1 fully saturated rings. The maximum Gasteiger partial charge on any atom is 0.150 e. The van der Waals surface area contributed by atoms with Gasteiger partial charge in [-0.3, -0.25) is 0 Å². The predicted molar refractivity (Wildman–Crippen MR) is 39.0 cm³/mol. The van der Waals surface area contributed by atoms with Gasteiger partial charge < -0.3 is 15.5 Å². The number of alkyl halides is 1. The molecule has 0 amide bonds. The largest absolute Gasteiger partial charge is 0.395 e. The third-order valence-electron chi connectivity index (χ3n) is 2.47. The lowest BCUT2D eigenvalue weighted by Crippen LogP contribution is -2.40. The van der Waals surface area contributed by atoms with E-state index in [0.717, 1.165) is 0 Å². The third-order valence-corrected chi connectivity index (χ3v) is 2.47. The Balaban J connectivity index is 2.71.